The van der Waals surface area contributed by atoms with Crippen LogP contribution in [0.4, 0.5) is 0 Å². The molecule has 0 aliphatic carbocycles. The average molecular weight is 259 g/mol. The molecule has 102 valence electrons. The van der Waals surface area contributed by atoms with Crippen LogP contribution in [0.2, 0.25) is 0 Å². The molecule has 1 N–H and O–H groups in total. The third-order valence-electron chi connectivity index (χ3n) is 3.05. The SMILES string of the molecule is CCCNCc1nnnn1-c1ccc(C(C)C)cc1. The molecule has 2 rings (SSSR count). The van der Waals surface area contributed by atoms with Gasteiger partial charge in [-0.1, -0.05) is 32.9 Å². The molecule has 0 saturated heterocycles. The number of nitrogens with zero attached hydrogens (tertiary/aromatic N) is 4. The third kappa shape index (κ3) is 3.38. The summed E-state index contributed by atoms with van der Waals surface area (Å²) >= 11 is 0. The molecule has 1 aromatic carbocycles. The molecule has 0 amide bonds. The molecule has 5 nitrogen and oxygen atoms in total. The molecule has 19 heavy (non-hydrogen) atoms. The zero-order valence-corrected chi connectivity index (χ0v) is 11.8. The number of aromatic nitrogens is 4. The van der Waals surface area contributed by atoms with Gasteiger partial charge in [-0.2, -0.15) is 4.68 Å². The van der Waals surface area contributed by atoms with Crippen molar-refractivity contribution in [1.29, 1.82) is 0 Å². The van der Waals surface area contributed by atoms with Gasteiger partial charge in [0.15, 0.2) is 5.82 Å². The van der Waals surface area contributed by atoms with E-state index in [0.29, 0.717) is 12.5 Å². The lowest BCUT2D eigenvalue weighted by Gasteiger charge is -2.08. The highest BCUT2D eigenvalue weighted by Gasteiger charge is 2.08. The summed E-state index contributed by atoms with van der Waals surface area (Å²) in [5, 5.41) is 15.2. The van der Waals surface area contributed by atoms with Crippen LogP contribution in [0.1, 0.15) is 44.5 Å². The second-order valence-corrected chi connectivity index (χ2v) is 4.93. The van der Waals surface area contributed by atoms with Gasteiger partial charge in [-0.15, -0.1) is 5.10 Å². The van der Waals surface area contributed by atoms with Crippen LogP contribution in [0.25, 0.3) is 5.69 Å². The molecule has 0 radical (unpaired) electrons. The van der Waals surface area contributed by atoms with E-state index in [0.717, 1.165) is 24.5 Å². The van der Waals surface area contributed by atoms with Crippen molar-refractivity contribution < 1.29 is 0 Å². The molecule has 1 aromatic heterocycles. The van der Waals surface area contributed by atoms with E-state index >= 15 is 0 Å². The molecule has 0 fully saturated rings. The fourth-order valence-electron chi connectivity index (χ4n) is 1.89. The average Bonchev–Trinajstić information content (AvgIpc) is 2.87. The molecular formula is C14H21N5. The van der Waals surface area contributed by atoms with Crippen LogP contribution in [-0.2, 0) is 6.54 Å². The molecule has 0 atom stereocenters. The van der Waals surface area contributed by atoms with Crippen LogP contribution in [0.15, 0.2) is 24.3 Å². The number of benzene rings is 1. The van der Waals surface area contributed by atoms with Gasteiger partial charge in [0.05, 0.1) is 12.2 Å². The lowest BCUT2D eigenvalue weighted by Crippen LogP contribution is -2.17. The van der Waals surface area contributed by atoms with Crippen LogP contribution >= 0.6 is 0 Å². The Balaban J connectivity index is 2.15. The fraction of sp³-hybridized carbons (Fsp3) is 0.500. The van der Waals surface area contributed by atoms with E-state index in [9.17, 15) is 0 Å². The Morgan fingerprint density at radius 1 is 1.21 bits per heavy atom. The lowest BCUT2D eigenvalue weighted by molar-refractivity contribution is 0.632. The second kappa shape index (κ2) is 6.43. The van der Waals surface area contributed by atoms with E-state index in [4.69, 9.17) is 0 Å². The molecule has 5 heteroatoms. The summed E-state index contributed by atoms with van der Waals surface area (Å²) in [5.41, 5.74) is 2.32. The summed E-state index contributed by atoms with van der Waals surface area (Å²) < 4.78 is 1.78. The molecule has 2 aromatic rings. The van der Waals surface area contributed by atoms with Crippen LogP contribution in [0.5, 0.6) is 0 Å². The van der Waals surface area contributed by atoms with Crippen molar-refractivity contribution >= 4 is 0 Å². The normalized spacial score (nSPS) is 11.2. The summed E-state index contributed by atoms with van der Waals surface area (Å²) in [6.07, 6.45) is 1.10. The van der Waals surface area contributed by atoms with Crippen LogP contribution < -0.4 is 5.32 Å². The highest BCUT2D eigenvalue weighted by atomic mass is 15.5. The van der Waals surface area contributed by atoms with Crippen molar-refractivity contribution in [2.24, 2.45) is 0 Å². The summed E-state index contributed by atoms with van der Waals surface area (Å²) in [5.74, 6) is 1.37. The first kappa shape index (κ1) is 13.7. The Morgan fingerprint density at radius 2 is 1.95 bits per heavy atom. The zero-order chi connectivity index (χ0) is 13.7. The van der Waals surface area contributed by atoms with E-state index in [1.165, 1.54) is 5.56 Å². The van der Waals surface area contributed by atoms with Crippen LogP contribution in [0.3, 0.4) is 0 Å². The topological polar surface area (TPSA) is 55.6 Å². The number of hydrogen-bond acceptors (Lipinski definition) is 4. The Kier molecular flexibility index (Phi) is 4.63. The first-order valence-corrected chi connectivity index (χ1v) is 6.80. The van der Waals surface area contributed by atoms with Gasteiger partial charge in [0, 0.05) is 0 Å². The minimum absolute atomic E-state index is 0.536. The van der Waals surface area contributed by atoms with E-state index < -0.39 is 0 Å². The Morgan fingerprint density at radius 3 is 2.58 bits per heavy atom. The predicted octanol–water partition coefficient (Wildman–Crippen LogP) is 2.29. The maximum Gasteiger partial charge on any atom is 0.170 e. The van der Waals surface area contributed by atoms with E-state index in [1.807, 2.05) is 0 Å². The van der Waals surface area contributed by atoms with Gasteiger partial charge < -0.3 is 5.32 Å². The van der Waals surface area contributed by atoms with E-state index in [1.54, 1.807) is 4.68 Å². The first-order chi connectivity index (χ1) is 9.22. The number of nitrogens with one attached hydrogen (secondary N) is 1. The molecule has 0 saturated carbocycles. The number of hydrogen-bond donors (Lipinski definition) is 1. The minimum Gasteiger partial charge on any atom is -0.310 e. The molecule has 0 aliphatic heterocycles. The van der Waals surface area contributed by atoms with Gasteiger partial charge >= 0.3 is 0 Å². The van der Waals surface area contributed by atoms with Crippen molar-refractivity contribution in [3.05, 3.63) is 35.7 Å². The van der Waals surface area contributed by atoms with Crippen molar-refractivity contribution in [3.8, 4) is 5.69 Å². The standard InChI is InChI=1S/C14H21N5/c1-4-9-15-10-14-16-17-18-19(14)13-7-5-12(6-8-13)11(2)3/h5-8,11,15H,4,9-10H2,1-3H3. The quantitative estimate of drug-likeness (QED) is 0.809. The lowest BCUT2D eigenvalue weighted by atomic mass is 10.0. The molecular weight excluding hydrogens is 238 g/mol. The monoisotopic (exact) mass is 259 g/mol. The molecule has 0 spiro atoms. The van der Waals surface area contributed by atoms with Crippen LogP contribution in [-0.4, -0.2) is 26.8 Å². The molecule has 1 heterocycles. The van der Waals surface area contributed by atoms with Gasteiger partial charge in [-0.05, 0) is 47.0 Å². The highest BCUT2D eigenvalue weighted by Crippen LogP contribution is 2.16. The zero-order valence-electron chi connectivity index (χ0n) is 11.8. The summed E-state index contributed by atoms with van der Waals surface area (Å²) in [4.78, 5) is 0. The Bertz CT molecular complexity index is 501. The smallest absolute Gasteiger partial charge is 0.170 e. The Hall–Kier alpha value is -1.75. The van der Waals surface area contributed by atoms with Crippen LogP contribution in [0, 0.1) is 0 Å². The summed E-state index contributed by atoms with van der Waals surface area (Å²) in [6, 6.07) is 8.39. The highest BCUT2D eigenvalue weighted by molar-refractivity contribution is 5.35. The Labute approximate surface area is 114 Å². The third-order valence-corrected chi connectivity index (χ3v) is 3.05. The summed E-state index contributed by atoms with van der Waals surface area (Å²) in [7, 11) is 0. The van der Waals surface area contributed by atoms with E-state index in [2.05, 4.69) is 65.9 Å². The van der Waals surface area contributed by atoms with E-state index in [-0.39, 0.29) is 0 Å². The van der Waals surface area contributed by atoms with Gasteiger partial charge in [-0.3, -0.25) is 0 Å². The minimum atomic E-state index is 0.536. The van der Waals surface area contributed by atoms with Crippen molar-refractivity contribution in [3.63, 3.8) is 0 Å². The molecule has 0 bridgehead atoms. The molecule has 0 unspecified atom stereocenters. The first-order valence-electron chi connectivity index (χ1n) is 6.80. The second-order valence-electron chi connectivity index (χ2n) is 4.93. The fourth-order valence-corrected chi connectivity index (χ4v) is 1.89. The predicted molar refractivity (Wildman–Crippen MR) is 75.2 cm³/mol. The molecule has 0 aliphatic rings. The van der Waals surface area contributed by atoms with Gasteiger partial charge in [-0.25, -0.2) is 0 Å². The van der Waals surface area contributed by atoms with Gasteiger partial charge in [0.25, 0.3) is 0 Å². The van der Waals surface area contributed by atoms with Crippen molar-refractivity contribution in [1.82, 2.24) is 25.5 Å². The number of rotatable bonds is 6. The van der Waals surface area contributed by atoms with Gasteiger partial charge in [0.1, 0.15) is 0 Å². The van der Waals surface area contributed by atoms with Crippen molar-refractivity contribution in [2.45, 2.75) is 39.7 Å². The largest absolute Gasteiger partial charge is 0.310 e. The maximum absolute atomic E-state index is 4.06. The van der Waals surface area contributed by atoms with Gasteiger partial charge in [0.2, 0.25) is 0 Å². The summed E-state index contributed by atoms with van der Waals surface area (Å²) in [6.45, 7) is 8.17. The van der Waals surface area contributed by atoms with Crippen molar-refractivity contribution in [2.75, 3.05) is 6.54 Å². The maximum atomic E-state index is 4.06. The number of tetrazole rings is 1.